The SMILES string of the molecule is CC(O)C1CCN(C(=O)C2(C)CCCCN2)CC1. The number of carbonyl (C=O) groups excluding carboxylic acids is 1. The molecular weight excluding hydrogens is 228 g/mol. The second-order valence-electron chi connectivity index (χ2n) is 6.09. The number of nitrogens with zero attached hydrogens (tertiary/aromatic N) is 1. The number of hydrogen-bond donors (Lipinski definition) is 2. The van der Waals surface area contributed by atoms with Gasteiger partial charge in [-0.25, -0.2) is 0 Å². The van der Waals surface area contributed by atoms with E-state index in [1.165, 1.54) is 6.42 Å². The smallest absolute Gasteiger partial charge is 0.242 e. The van der Waals surface area contributed by atoms with Gasteiger partial charge in [-0.1, -0.05) is 0 Å². The number of nitrogens with one attached hydrogen (secondary N) is 1. The summed E-state index contributed by atoms with van der Waals surface area (Å²) in [5, 5.41) is 13.0. The van der Waals surface area contributed by atoms with Crippen molar-refractivity contribution in [3.63, 3.8) is 0 Å². The van der Waals surface area contributed by atoms with Crippen LogP contribution < -0.4 is 5.32 Å². The zero-order valence-corrected chi connectivity index (χ0v) is 11.6. The number of likely N-dealkylation sites (tertiary alicyclic amines) is 1. The maximum absolute atomic E-state index is 12.6. The molecule has 2 atom stereocenters. The third-order valence-corrected chi connectivity index (χ3v) is 4.60. The van der Waals surface area contributed by atoms with Gasteiger partial charge in [-0.15, -0.1) is 0 Å². The number of carbonyl (C=O) groups is 1. The molecule has 0 radical (unpaired) electrons. The molecule has 0 saturated carbocycles. The largest absolute Gasteiger partial charge is 0.393 e. The van der Waals surface area contributed by atoms with Crippen molar-refractivity contribution in [3.8, 4) is 0 Å². The maximum Gasteiger partial charge on any atom is 0.242 e. The lowest BCUT2D eigenvalue weighted by molar-refractivity contribution is -0.140. The highest BCUT2D eigenvalue weighted by Gasteiger charge is 2.38. The lowest BCUT2D eigenvalue weighted by Gasteiger charge is -2.41. The minimum Gasteiger partial charge on any atom is -0.393 e. The van der Waals surface area contributed by atoms with Crippen LogP contribution in [0.4, 0.5) is 0 Å². The first-order chi connectivity index (χ1) is 8.53. The molecule has 4 nitrogen and oxygen atoms in total. The van der Waals surface area contributed by atoms with Gasteiger partial charge < -0.3 is 15.3 Å². The Balaban J connectivity index is 1.90. The van der Waals surface area contributed by atoms with Crippen molar-refractivity contribution in [2.75, 3.05) is 19.6 Å². The summed E-state index contributed by atoms with van der Waals surface area (Å²) in [6.07, 6.45) is 4.87. The van der Waals surface area contributed by atoms with Crippen LogP contribution in [0.15, 0.2) is 0 Å². The molecule has 2 saturated heterocycles. The highest BCUT2D eigenvalue weighted by Crippen LogP contribution is 2.26. The van der Waals surface area contributed by atoms with Gasteiger partial charge in [0.25, 0.3) is 0 Å². The van der Waals surface area contributed by atoms with Crippen LogP contribution in [0.5, 0.6) is 0 Å². The molecule has 2 unspecified atom stereocenters. The van der Waals surface area contributed by atoms with E-state index in [0.29, 0.717) is 5.92 Å². The standard InChI is InChI=1S/C14H26N2O2/c1-11(17)12-5-9-16(10-6-12)13(18)14(2)7-3-4-8-15-14/h11-12,15,17H,3-10H2,1-2H3. The number of hydrogen-bond acceptors (Lipinski definition) is 3. The first kappa shape index (κ1) is 13.8. The van der Waals surface area contributed by atoms with E-state index >= 15 is 0 Å². The minimum atomic E-state index is -0.351. The fourth-order valence-corrected chi connectivity index (χ4v) is 3.17. The van der Waals surface area contributed by atoms with Gasteiger partial charge >= 0.3 is 0 Å². The number of amides is 1. The summed E-state index contributed by atoms with van der Waals surface area (Å²) in [7, 11) is 0. The Morgan fingerprint density at radius 2 is 2.06 bits per heavy atom. The van der Waals surface area contributed by atoms with E-state index in [4.69, 9.17) is 0 Å². The third kappa shape index (κ3) is 2.86. The Hall–Kier alpha value is -0.610. The second kappa shape index (κ2) is 5.57. The fraction of sp³-hybridized carbons (Fsp3) is 0.929. The van der Waals surface area contributed by atoms with Crippen LogP contribution in [0.25, 0.3) is 0 Å². The zero-order chi connectivity index (χ0) is 13.2. The van der Waals surface area contributed by atoms with E-state index in [1.54, 1.807) is 0 Å². The first-order valence-electron chi connectivity index (χ1n) is 7.25. The summed E-state index contributed by atoms with van der Waals surface area (Å²) >= 11 is 0. The Kier molecular flexibility index (Phi) is 4.28. The molecule has 0 aliphatic carbocycles. The quantitative estimate of drug-likeness (QED) is 0.777. The molecule has 2 rings (SSSR count). The topological polar surface area (TPSA) is 52.6 Å². The molecule has 0 bridgehead atoms. The van der Waals surface area contributed by atoms with Gasteiger partial charge in [-0.2, -0.15) is 0 Å². The van der Waals surface area contributed by atoms with E-state index < -0.39 is 0 Å². The lowest BCUT2D eigenvalue weighted by atomic mass is 9.87. The molecule has 4 heteroatoms. The first-order valence-corrected chi connectivity index (χ1v) is 7.25. The number of piperidine rings is 2. The van der Waals surface area contributed by atoms with Crippen LogP contribution in [0, 0.1) is 5.92 Å². The summed E-state index contributed by atoms with van der Waals surface area (Å²) < 4.78 is 0. The van der Waals surface area contributed by atoms with Crippen LogP contribution in [0.2, 0.25) is 0 Å². The highest BCUT2D eigenvalue weighted by atomic mass is 16.3. The normalized spacial score (nSPS) is 32.3. The monoisotopic (exact) mass is 254 g/mol. The molecule has 104 valence electrons. The predicted octanol–water partition coefficient (Wildman–Crippen LogP) is 1.14. The van der Waals surface area contributed by atoms with Crippen molar-refractivity contribution in [1.29, 1.82) is 0 Å². The molecule has 2 aliphatic heterocycles. The van der Waals surface area contributed by atoms with E-state index in [-0.39, 0.29) is 17.6 Å². The number of aliphatic hydroxyl groups excluding tert-OH is 1. The van der Waals surface area contributed by atoms with E-state index in [9.17, 15) is 9.90 Å². The summed E-state index contributed by atoms with van der Waals surface area (Å²) in [4.78, 5) is 14.5. The van der Waals surface area contributed by atoms with Crippen molar-refractivity contribution in [3.05, 3.63) is 0 Å². The van der Waals surface area contributed by atoms with Crippen LogP contribution in [0.3, 0.4) is 0 Å². The Bertz CT molecular complexity index is 290. The molecule has 18 heavy (non-hydrogen) atoms. The van der Waals surface area contributed by atoms with Crippen molar-refractivity contribution < 1.29 is 9.90 Å². The Morgan fingerprint density at radius 1 is 1.39 bits per heavy atom. The molecule has 2 heterocycles. The molecule has 2 N–H and O–H groups in total. The van der Waals surface area contributed by atoms with E-state index in [0.717, 1.165) is 45.3 Å². The zero-order valence-electron chi connectivity index (χ0n) is 11.6. The molecule has 1 amide bonds. The van der Waals surface area contributed by atoms with Gasteiger partial charge in [0, 0.05) is 13.1 Å². The molecular formula is C14H26N2O2. The number of aliphatic hydroxyl groups is 1. The summed E-state index contributed by atoms with van der Waals surface area (Å²) in [6.45, 7) is 6.44. The van der Waals surface area contributed by atoms with E-state index in [1.807, 2.05) is 18.7 Å². The van der Waals surface area contributed by atoms with Gasteiger partial charge in [0.05, 0.1) is 11.6 Å². The lowest BCUT2D eigenvalue weighted by Crippen LogP contribution is -2.59. The van der Waals surface area contributed by atoms with Crippen LogP contribution in [-0.2, 0) is 4.79 Å². The van der Waals surface area contributed by atoms with Crippen molar-refractivity contribution in [2.24, 2.45) is 5.92 Å². The van der Waals surface area contributed by atoms with Gasteiger partial charge in [0.2, 0.25) is 5.91 Å². The predicted molar refractivity (Wildman–Crippen MR) is 71.2 cm³/mol. The van der Waals surface area contributed by atoms with Gasteiger partial charge in [0.15, 0.2) is 0 Å². The molecule has 0 aromatic carbocycles. The molecule has 2 aliphatic rings. The van der Waals surface area contributed by atoms with Crippen molar-refractivity contribution in [2.45, 2.75) is 57.6 Å². The Morgan fingerprint density at radius 3 is 2.56 bits per heavy atom. The molecule has 2 fully saturated rings. The van der Waals surface area contributed by atoms with E-state index in [2.05, 4.69) is 5.32 Å². The van der Waals surface area contributed by atoms with Gasteiger partial charge in [-0.3, -0.25) is 4.79 Å². The van der Waals surface area contributed by atoms with Crippen LogP contribution in [0.1, 0.15) is 46.0 Å². The second-order valence-corrected chi connectivity index (χ2v) is 6.09. The summed E-state index contributed by atoms with van der Waals surface area (Å²) in [5.41, 5.74) is -0.351. The third-order valence-electron chi connectivity index (χ3n) is 4.60. The highest BCUT2D eigenvalue weighted by molar-refractivity contribution is 5.86. The van der Waals surface area contributed by atoms with Crippen LogP contribution >= 0.6 is 0 Å². The van der Waals surface area contributed by atoms with Gasteiger partial charge in [-0.05, 0) is 58.4 Å². The average molecular weight is 254 g/mol. The van der Waals surface area contributed by atoms with Crippen molar-refractivity contribution in [1.82, 2.24) is 10.2 Å². The number of rotatable bonds is 2. The Labute approximate surface area is 110 Å². The average Bonchev–Trinajstić information content (AvgIpc) is 2.39. The summed E-state index contributed by atoms with van der Waals surface area (Å²) in [6, 6.07) is 0. The maximum atomic E-state index is 12.6. The van der Waals surface area contributed by atoms with Gasteiger partial charge in [0.1, 0.15) is 0 Å². The molecule has 0 spiro atoms. The molecule has 0 aromatic heterocycles. The minimum absolute atomic E-state index is 0.245. The molecule has 0 aromatic rings. The van der Waals surface area contributed by atoms with Crippen molar-refractivity contribution >= 4 is 5.91 Å². The summed E-state index contributed by atoms with van der Waals surface area (Å²) in [5.74, 6) is 0.618. The fourth-order valence-electron chi connectivity index (χ4n) is 3.17. The van der Waals surface area contributed by atoms with Crippen LogP contribution in [-0.4, -0.2) is 47.2 Å².